The first-order valence-corrected chi connectivity index (χ1v) is 12.1. The summed E-state index contributed by atoms with van der Waals surface area (Å²) in [6, 6.07) is 6.44. The molecule has 3 aromatic heterocycles. The molecule has 2 aliphatic rings. The number of carbonyl (C=O) groups excluding carboxylic acids is 2. The number of nitrogens with zero attached hydrogens (tertiary/aromatic N) is 3. The minimum Gasteiger partial charge on any atom is -0.489 e. The molecule has 2 fully saturated rings. The number of hydrogen-bond donors (Lipinski definition) is 3. The Kier molecular flexibility index (Phi) is 6.63. The van der Waals surface area contributed by atoms with E-state index in [9.17, 15) is 22.8 Å². The van der Waals surface area contributed by atoms with Crippen LogP contribution >= 0.6 is 0 Å². The van der Waals surface area contributed by atoms with Crippen LogP contribution in [0.4, 0.5) is 13.2 Å². The van der Waals surface area contributed by atoms with Gasteiger partial charge in [0.25, 0.3) is 5.91 Å². The number of aliphatic hydroxyl groups excluding tert-OH is 1. The molecule has 4 N–H and O–H groups in total. The van der Waals surface area contributed by atoms with Gasteiger partial charge in [-0.15, -0.1) is 0 Å². The molecule has 5 rings (SSSR count). The lowest BCUT2D eigenvalue weighted by Gasteiger charge is -2.57. The Morgan fingerprint density at radius 2 is 2.00 bits per heavy atom. The van der Waals surface area contributed by atoms with Crippen molar-refractivity contribution in [2.45, 2.75) is 56.5 Å². The average Bonchev–Trinajstić information content (AvgIpc) is 3.23. The lowest BCUT2D eigenvalue weighted by molar-refractivity contribution is -0.210. The van der Waals surface area contributed by atoms with Gasteiger partial charge >= 0.3 is 6.18 Å². The van der Waals surface area contributed by atoms with Gasteiger partial charge in [0.05, 0.1) is 29.9 Å². The highest BCUT2D eigenvalue weighted by Crippen LogP contribution is 2.56. The second-order valence-electron chi connectivity index (χ2n) is 9.96. The van der Waals surface area contributed by atoms with Gasteiger partial charge in [0, 0.05) is 17.8 Å². The summed E-state index contributed by atoms with van der Waals surface area (Å²) in [7, 11) is 0. The van der Waals surface area contributed by atoms with Crippen molar-refractivity contribution in [1.82, 2.24) is 19.9 Å². The van der Waals surface area contributed by atoms with Crippen molar-refractivity contribution in [3.05, 3.63) is 54.0 Å². The monoisotopic (exact) mass is 533 g/mol. The number of amides is 2. The Bertz CT molecular complexity index is 1350. The number of alkyl halides is 3. The highest BCUT2D eigenvalue weighted by atomic mass is 19.4. The molecule has 3 aromatic rings. The molecule has 2 aliphatic carbocycles. The van der Waals surface area contributed by atoms with Crippen LogP contribution in [-0.4, -0.2) is 62.6 Å². The van der Waals surface area contributed by atoms with Gasteiger partial charge in [0.2, 0.25) is 11.8 Å². The Morgan fingerprint density at radius 3 is 2.71 bits per heavy atom. The molecule has 0 bridgehead atoms. The van der Waals surface area contributed by atoms with Gasteiger partial charge in [0.15, 0.2) is 6.10 Å². The summed E-state index contributed by atoms with van der Waals surface area (Å²) in [6.07, 6.45) is 0.295. The molecule has 2 saturated carbocycles. The molecule has 1 atom stereocenters. The Hall–Kier alpha value is -3.87. The van der Waals surface area contributed by atoms with E-state index in [-0.39, 0.29) is 35.6 Å². The van der Waals surface area contributed by atoms with E-state index >= 15 is 0 Å². The van der Waals surface area contributed by atoms with E-state index in [1.165, 1.54) is 29.0 Å². The van der Waals surface area contributed by atoms with Gasteiger partial charge in [-0.25, -0.2) is 9.50 Å². The number of aromatic nitrogens is 3. The fourth-order valence-corrected chi connectivity index (χ4v) is 5.18. The van der Waals surface area contributed by atoms with E-state index in [0.717, 1.165) is 25.7 Å². The zero-order valence-corrected chi connectivity index (χ0v) is 20.1. The average molecular weight is 534 g/mol. The first-order chi connectivity index (χ1) is 18.0. The maximum absolute atomic E-state index is 12.9. The largest absolute Gasteiger partial charge is 0.489 e. The van der Waals surface area contributed by atoms with Crippen molar-refractivity contribution in [1.29, 1.82) is 0 Å². The summed E-state index contributed by atoms with van der Waals surface area (Å²) in [5.74, 6) is -0.247. The van der Waals surface area contributed by atoms with Gasteiger partial charge in [-0.1, -0.05) is 6.07 Å². The molecule has 2 amide bonds. The topological polar surface area (TPSA) is 141 Å². The molecule has 38 heavy (non-hydrogen) atoms. The summed E-state index contributed by atoms with van der Waals surface area (Å²) in [5.41, 5.74) is 6.87. The molecule has 1 spiro atoms. The van der Waals surface area contributed by atoms with Crippen LogP contribution in [0.25, 0.3) is 5.52 Å². The number of halogens is 3. The third-order valence-corrected chi connectivity index (χ3v) is 7.03. The van der Waals surface area contributed by atoms with Crippen molar-refractivity contribution < 1.29 is 37.3 Å². The number of nitrogens with one attached hydrogen (secondary N) is 1. The summed E-state index contributed by atoms with van der Waals surface area (Å²) in [4.78, 5) is 28.4. The standard InChI is InChI=1S/C25H26F3N5O5/c26-25(27,28)20(34)13-37-16-3-4-19-18(11-31-33(19)12-16)22(36)32-15-7-24(8-15)9-17(10-24)38-23-14(6-21(29)35)2-1-5-30-23/h1-5,11-12,15,17,20,34H,6-10,13H2,(H2,29,35)(H,32,36). The van der Waals surface area contributed by atoms with Gasteiger partial charge < -0.3 is 25.6 Å². The minimum absolute atomic E-state index is 0.00476. The molecule has 202 valence electrons. The number of pyridine rings is 2. The third-order valence-electron chi connectivity index (χ3n) is 7.03. The molecule has 3 heterocycles. The second kappa shape index (κ2) is 9.78. The molecule has 1 unspecified atom stereocenters. The Morgan fingerprint density at radius 1 is 1.24 bits per heavy atom. The van der Waals surface area contributed by atoms with E-state index in [2.05, 4.69) is 15.4 Å². The Labute approximate surface area is 214 Å². The van der Waals surface area contributed by atoms with E-state index in [0.29, 0.717) is 22.5 Å². The predicted molar refractivity (Wildman–Crippen MR) is 126 cm³/mol. The zero-order valence-electron chi connectivity index (χ0n) is 20.1. The van der Waals surface area contributed by atoms with Crippen molar-refractivity contribution in [2.75, 3.05) is 6.61 Å². The molecule has 0 radical (unpaired) electrons. The van der Waals surface area contributed by atoms with Gasteiger partial charge in [-0.2, -0.15) is 18.3 Å². The maximum atomic E-state index is 12.9. The predicted octanol–water partition coefficient (Wildman–Crippen LogP) is 2.18. The molecule has 10 nitrogen and oxygen atoms in total. The number of aliphatic hydroxyl groups is 1. The number of ether oxygens (including phenoxy) is 2. The second-order valence-corrected chi connectivity index (χ2v) is 9.96. The molecule has 13 heteroatoms. The van der Waals surface area contributed by atoms with Crippen LogP contribution in [-0.2, 0) is 11.2 Å². The van der Waals surface area contributed by atoms with Crippen molar-refractivity contribution in [2.24, 2.45) is 11.1 Å². The SMILES string of the molecule is NC(=O)Cc1cccnc1OC1CC2(CC(NC(=O)c3cnn4cc(OCC(O)C(F)(F)F)ccc34)C2)C1. The van der Waals surface area contributed by atoms with Crippen LogP contribution in [0.15, 0.2) is 42.9 Å². The van der Waals surface area contributed by atoms with E-state index in [1.807, 2.05) is 0 Å². The van der Waals surface area contributed by atoms with Crippen LogP contribution in [0.5, 0.6) is 11.6 Å². The number of rotatable bonds is 9. The van der Waals surface area contributed by atoms with Gasteiger partial charge in [-0.3, -0.25) is 9.59 Å². The molecule has 0 aromatic carbocycles. The third kappa shape index (κ3) is 5.37. The number of fused-ring (bicyclic) bond motifs is 1. The molecule has 0 saturated heterocycles. The van der Waals surface area contributed by atoms with E-state index in [4.69, 9.17) is 20.3 Å². The van der Waals surface area contributed by atoms with Crippen LogP contribution < -0.4 is 20.5 Å². The van der Waals surface area contributed by atoms with Crippen molar-refractivity contribution in [3.8, 4) is 11.6 Å². The summed E-state index contributed by atoms with van der Waals surface area (Å²) < 4.78 is 49.7. The van der Waals surface area contributed by atoms with Gasteiger partial charge in [0.1, 0.15) is 18.5 Å². The van der Waals surface area contributed by atoms with Crippen LogP contribution in [0.3, 0.4) is 0 Å². The van der Waals surface area contributed by atoms with Crippen molar-refractivity contribution >= 4 is 17.3 Å². The van der Waals surface area contributed by atoms with Crippen LogP contribution in [0.1, 0.15) is 41.6 Å². The van der Waals surface area contributed by atoms with Crippen molar-refractivity contribution in [3.63, 3.8) is 0 Å². The number of nitrogens with two attached hydrogens (primary N) is 1. The minimum atomic E-state index is -4.77. The van der Waals surface area contributed by atoms with E-state index in [1.54, 1.807) is 18.3 Å². The zero-order chi connectivity index (χ0) is 27.1. The van der Waals surface area contributed by atoms with Crippen LogP contribution in [0, 0.1) is 5.41 Å². The lowest BCUT2D eigenvalue weighted by atomic mass is 9.53. The Balaban J connectivity index is 1.11. The van der Waals surface area contributed by atoms with E-state index < -0.39 is 24.8 Å². The summed E-state index contributed by atoms with van der Waals surface area (Å²) in [6.45, 7) is -0.949. The molecular weight excluding hydrogens is 507 g/mol. The quantitative estimate of drug-likeness (QED) is 0.383. The number of hydrogen-bond acceptors (Lipinski definition) is 7. The van der Waals surface area contributed by atoms with Crippen LogP contribution in [0.2, 0.25) is 0 Å². The lowest BCUT2D eigenvalue weighted by Crippen LogP contribution is -2.58. The first-order valence-electron chi connectivity index (χ1n) is 12.1. The summed E-state index contributed by atoms with van der Waals surface area (Å²) >= 11 is 0. The van der Waals surface area contributed by atoms with Gasteiger partial charge in [-0.05, 0) is 49.3 Å². The fraction of sp³-hybridized carbons (Fsp3) is 0.440. The highest BCUT2D eigenvalue weighted by Gasteiger charge is 2.54. The molecular formula is C25H26F3N5O5. The highest BCUT2D eigenvalue weighted by molar-refractivity contribution is 6.00. The smallest absolute Gasteiger partial charge is 0.417 e. The first kappa shape index (κ1) is 25.8. The maximum Gasteiger partial charge on any atom is 0.417 e. The normalized spacial score (nSPS) is 23.4. The molecule has 0 aliphatic heterocycles. The summed E-state index contributed by atoms with van der Waals surface area (Å²) in [5, 5.41) is 16.2. The fourth-order valence-electron chi connectivity index (χ4n) is 5.18. The number of carbonyl (C=O) groups is 2. The number of primary amides is 1.